The van der Waals surface area contributed by atoms with Gasteiger partial charge >= 0.3 is 0 Å². The van der Waals surface area contributed by atoms with E-state index in [-0.39, 0.29) is 13.1 Å². The summed E-state index contributed by atoms with van der Waals surface area (Å²) in [6.07, 6.45) is 0.707. The zero-order valence-electron chi connectivity index (χ0n) is 6.31. The topological polar surface area (TPSA) is 57.7 Å². The lowest BCUT2D eigenvalue weighted by Gasteiger charge is -2.29. The Balaban J connectivity index is 2.52. The molecular weight excluding hydrogens is 204 g/mol. The van der Waals surface area contributed by atoms with Crippen LogP contribution in [-0.2, 0) is 14.0 Å². The van der Waals surface area contributed by atoms with Crippen LogP contribution in [0, 0.1) is 0 Å². The van der Waals surface area contributed by atoms with Crippen molar-refractivity contribution >= 4 is 26.3 Å². The second kappa shape index (κ2) is 3.59. The van der Waals surface area contributed by atoms with Crippen LogP contribution in [0.3, 0.4) is 0 Å². The highest BCUT2D eigenvalue weighted by Gasteiger charge is 2.23. The first-order valence-corrected chi connectivity index (χ1v) is 5.70. The third kappa shape index (κ3) is 2.33. The standard InChI is InChI=1S/C5H9ClN2O3S/c6-12(10,11)8-3-1-7(5-9)2-4-8/h5H,1-4H2. The molecule has 0 aromatic carbocycles. The minimum Gasteiger partial charge on any atom is -0.343 e. The normalized spacial score (nSPS) is 20.9. The van der Waals surface area contributed by atoms with Crippen molar-refractivity contribution in [3.05, 3.63) is 0 Å². The van der Waals surface area contributed by atoms with Crippen LogP contribution in [0.15, 0.2) is 0 Å². The van der Waals surface area contributed by atoms with Gasteiger partial charge in [0.2, 0.25) is 6.41 Å². The molecular formula is C5H9ClN2O3S. The van der Waals surface area contributed by atoms with E-state index < -0.39 is 9.24 Å². The maximum Gasteiger partial charge on any atom is 0.299 e. The van der Waals surface area contributed by atoms with E-state index in [2.05, 4.69) is 0 Å². The molecule has 1 aliphatic rings. The van der Waals surface area contributed by atoms with Crippen LogP contribution in [0.5, 0.6) is 0 Å². The van der Waals surface area contributed by atoms with E-state index in [1.165, 1.54) is 4.90 Å². The molecule has 0 aromatic heterocycles. The fourth-order valence-corrected chi connectivity index (χ4v) is 2.04. The maximum atomic E-state index is 10.8. The minimum atomic E-state index is -3.59. The van der Waals surface area contributed by atoms with Crippen LogP contribution >= 0.6 is 10.7 Å². The average molecular weight is 213 g/mol. The number of nitrogens with zero attached hydrogens (tertiary/aromatic N) is 2. The molecule has 70 valence electrons. The summed E-state index contributed by atoms with van der Waals surface area (Å²) in [7, 11) is 1.50. The van der Waals surface area contributed by atoms with Gasteiger partial charge in [-0.05, 0) is 0 Å². The van der Waals surface area contributed by atoms with Crippen molar-refractivity contribution in [3.8, 4) is 0 Å². The zero-order chi connectivity index (χ0) is 9.19. The number of rotatable bonds is 2. The molecule has 0 saturated carbocycles. The SMILES string of the molecule is O=CN1CCN(S(=O)(=O)Cl)CC1. The van der Waals surface area contributed by atoms with Gasteiger partial charge in [0.15, 0.2) is 0 Å². The first-order chi connectivity index (χ1) is 5.54. The predicted octanol–water partition coefficient (Wildman–Crippen LogP) is -0.756. The van der Waals surface area contributed by atoms with Crippen molar-refractivity contribution < 1.29 is 13.2 Å². The fraction of sp³-hybridized carbons (Fsp3) is 0.800. The van der Waals surface area contributed by atoms with Gasteiger partial charge in [0.05, 0.1) is 0 Å². The van der Waals surface area contributed by atoms with Gasteiger partial charge in [-0.25, -0.2) is 0 Å². The summed E-state index contributed by atoms with van der Waals surface area (Å²) in [6, 6.07) is 0. The molecule has 1 fully saturated rings. The molecule has 5 nitrogen and oxygen atoms in total. The lowest BCUT2D eigenvalue weighted by atomic mass is 10.4. The quantitative estimate of drug-likeness (QED) is 0.447. The van der Waals surface area contributed by atoms with Gasteiger partial charge in [-0.2, -0.15) is 12.7 Å². The Hall–Kier alpha value is -0.330. The van der Waals surface area contributed by atoms with Crippen molar-refractivity contribution in [1.29, 1.82) is 0 Å². The van der Waals surface area contributed by atoms with Crippen molar-refractivity contribution in [2.45, 2.75) is 0 Å². The van der Waals surface area contributed by atoms with Crippen molar-refractivity contribution in [2.75, 3.05) is 26.2 Å². The molecule has 0 atom stereocenters. The number of hydrogen-bond donors (Lipinski definition) is 0. The van der Waals surface area contributed by atoms with Gasteiger partial charge < -0.3 is 4.90 Å². The number of carbonyl (C=O) groups is 1. The molecule has 0 N–H and O–H groups in total. The predicted molar refractivity (Wildman–Crippen MR) is 44.0 cm³/mol. The molecule has 1 aliphatic heterocycles. The molecule has 0 bridgehead atoms. The largest absolute Gasteiger partial charge is 0.343 e. The molecule has 0 aromatic rings. The smallest absolute Gasteiger partial charge is 0.299 e. The highest BCUT2D eigenvalue weighted by Crippen LogP contribution is 2.09. The summed E-state index contributed by atoms with van der Waals surface area (Å²) in [5.74, 6) is 0. The van der Waals surface area contributed by atoms with Crippen molar-refractivity contribution in [3.63, 3.8) is 0 Å². The summed E-state index contributed by atoms with van der Waals surface area (Å²) < 4.78 is 22.7. The van der Waals surface area contributed by atoms with Crippen molar-refractivity contribution in [1.82, 2.24) is 9.21 Å². The summed E-state index contributed by atoms with van der Waals surface area (Å²) >= 11 is 0. The number of piperazine rings is 1. The van der Waals surface area contributed by atoms with Gasteiger partial charge in [-0.3, -0.25) is 4.79 Å². The molecule has 1 saturated heterocycles. The number of halogens is 1. The zero-order valence-corrected chi connectivity index (χ0v) is 7.88. The van der Waals surface area contributed by atoms with E-state index in [0.29, 0.717) is 19.5 Å². The van der Waals surface area contributed by atoms with Gasteiger partial charge in [-0.1, -0.05) is 0 Å². The molecule has 1 amide bonds. The van der Waals surface area contributed by atoms with Crippen LogP contribution in [0.2, 0.25) is 0 Å². The molecule has 0 spiro atoms. The Kier molecular flexibility index (Phi) is 2.92. The molecule has 0 radical (unpaired) electrons. The molecule has 0 unspecified atom stereocenters. The second-order valence-corrected chi connectivity index (χ2v) is 4.99. The monoisotopic (exact) mass is 212 g/mol. The molecule has 0 aliphatic carbocycles. The second-order valence-electron chi connectivity index (χ2n) is 2.48. The highest BCUT2D eigenvalue weighted by atomic mass is 35.7. The Morgan fingerprint density at radius 3 is 2.00 bits per heavy atom. The lowest BCUT2D eigenvalue weighted by Crippen LogP contribution is -2.46. The third-order valence-electron chi connectivity index (χ3n) is 1.73. The average Bonchev–Trinajstić information content (AvgIpc) is 2.03. The van der Waals surface area contributed by atoms with Crippen LogP contribution < -0.4 is 0 Å². The van der Waals surface area contributed by atoms with Crippen LogP contribution in [-0.4, -0.2) is 50.2 Å². The maximum absolute atomic E-state index is 10.8. The van der Waals surface area contributed by atoms with Gasteiger partial charge in [0, 0.05) is 36.9 Å². The van der Waals surface area contributed by atoms with E-state index in [4.69, 9.17) is 10.7 Å². The summed E-state index contributed by atoms with van der Waals surface area (Å²) in [5, 5.41) is 0. The Labute approximate surface area is 75.4 Å². The highest BCUT2D eigenvalue weighted by molar-refractivity contribution is 8.11. The Morgan fingerprint density at radius 2 is 1.67 bits per heavy atom. The van der Waals surface area contributed by atoms with Gasteiger partial charge in [-0.15, -0.1) is 0 Å². The van der Waals surface area contributed by atoms with Crippen molar-refractivity contribution in [2.24, 2.45) is 0 Å². The van der Waals surface area contributed by atoms with E-state index >= 15 is 0 Å². The van der Waals surface area contributed by atoms with Gasteiger partial charge in [0.25, 0.3) is 9.24 Å². The first kappa shape index (κ1) is 9.76. The van der Waals surface area contributed by atoms with Gasteiger partial charge in [0.1, 0.15) is 0 Å². The number of carbonyl (C=O) groups excluding carboxylic acids is 1. The lowest BCUT2D eigenvalue weighted by molar-refractivity contribution is -0.119. The minimum absolute atomic E-state index is 0.282. The summed E-state index contributed by atoms with van der Waals surface area (Å²) in [5.41, 5.74) is 0. The van der Waals surface area contributed by atoms with Crippen LogP contribution in [0.25, 0.3) is 0 Å². The molecule has 1 rings (SSSR count). The first-order valence-electron chi connectivity index (χ1n) is 3.43. The number of amides is 1. The van der Waals surface area contributed by atoms with Crippen LogP contribution in [0.1, 0.15) is 0 Å². The van der Waals surface area contributed by atoms with E-state index in [0.717, 1.165) is 4.31 Å². The molecule has 12 heavy (non-hydrogen) atoms. The summed E-state index contributed by atoms with van der Waals surface area (Å²) in [4.78, 5) is 11.8. The third-order valence-corrected chi connectivity index (χ3v) is 3.30. The van der Waals surface area contributed by atoms with E-state index in [1.54, 1.807) is 0 Å². The van der Waals surface area contributed by atoms with E-state index in [1.807, 2.05) is 0 Å². The van der Waals surface area contributed by atoms with Crippen LogP contribution in [0.4, 0.5) is 0 Å². The summed E-state index contributed by atoms with van der Waals surface area (Å²) in [6.45, 7) is 1.39. The fourth-order valence-electron chi connectivity index (χ4n) is 1.03. The molecule has 1 heterocycles. The number of hydrogen-bond acceptors (Lipinski definition) is 3. The molecule has 7 heteroatoms. The Bertz CT molecular complexity index is 258. The van der Waals surface area contributed by atoms with E-state index in [9.17, 15) is 13.2 Å². The Morgan fingerprint density at radius 1 is 1.17 bits per heavy atom.